The summed E-state index contributed by atoms with van der Waals surface area (Å²) in [6.07, 6.45) is 0. The van der Waals surface area contributed by atoms with E-state index in [1.807, 2.05) is 0 Å². The number of esters is 1. The van der Waals surface area contributed by atoms with Gasteiger partial charge in [0.15, 0.2) is 17.2 Å². The molecule has 2 heterocycles. The Hall–Kier alpha value is -4.85. The fraction of sp³-hybridized carbons (Fsp3) is 0.240. The van der Waals surface area contributed by atoms with Crippen LogP contribution in [-0.2, 0) is 14.3 Å². The summed E-state index contributed by atoms with van der Waals surface area (Å²) in [6.45, 7) is 1.90. The number of anilines is 2. The number of nitrogen functional groups attached to an aromatic ring is 1. The third-order valence-electron chi connectivity index (χ3n) is 5.61. The molecule has 1 aliphatic heterocycles. The molecule has 0 saturated carbocycles. The summed E-state index contributed by atoms with van der Waals surface area (Å²) in [5.74, 6) is -2.41. The van der Waals surface area contributed by atoms with E-state index in [9.17, 15) is 24.3 Å². The van der Waals surface area contributed by atoms with Gasteiger partial charge in [0.25, 0.3) is 11.8 Å². The zero-order valence-corrected chi connectivity index (χ0v) is 21.5. The number of hydrogen-bond acceptors (Lipinski definition) is 11. The molecule has 1 atom stereocenters. The number of phenols is 1. The van der Waals surface area contributed by atoms with E-state index in [4.69, 9.17) is 25.7 Å². The Balaban J connectivity index is 1.85. The maximum Gasteiger partial charge on any atom is 0.325 e. The lowest BCUT2D eigenvalue weighted by molar-refractivity contribution is -0.143. The van der Waals surface area contributed by atoms with Crippen LogP contribution in [0.1, 0.15) is 38.7 Å². The van der Waals surface area contributed by atoms with Crippen LogP contribution in [0.5, 0.6) is 17.2 Å². The molecule has 2 aromatic carbocycles. The van der Waals surface area contributed by atoms with E-state index in [-0.39, 0.29) is 46.5 Å². The predicted molar refractivity (Wildman–Crippen MR) is 140 cm³/mol. The summed E-state index contributed by atoms with van der Waals surface area (Å²) >= 11 is 0.647. The second-order valence-corrected chi connectivity index (χ2v) is 8.93. The summed E-state index contributed by atoms with van der Waals surface area (Å²) in [7, 11) is 0. The lowest BCUT2D eigenvalue weighted by atomic mass is 10.0. The molecule has 0 unspecified atom stereocenters. The van der Waals surface area contributed by atoms with Crippen molar-refractivity contribution in [1.29, 1.82) is 0 Å². The van der Waals surface area contributed by atoms with Gasteiger partial charge in [0.1, 0.15) is 36.4 Å². The summed E-state index contributed by atoms with van der Waals surface area (Å²) in [5, 5.41) is 12.3. The van der Waals surface area contributed by atoms with Crippen LogP contribution >= 0.6 is 11.5 Å². The van der Waals surface area contributed by atoms with Crippen molar-refractivity contribution < 1.29 is 38.5 Å². The SMILES string of the molecule is CCOC(=O)CNC(=O)[C@@H](c1ccc(O)cc1)N(C(=O)c1snc(C(N)=O)c1N)c1ccc2c(c1)OCCO2. The highest BCUT2D eigenvalue weighted by Crippen LogP contribution is 2.39. The van der Waals surface area contributed by atoms with Crippen LogP contribution < -0.4 is 31.2 Å². The Morgan fingerprint density at radius 3 is 2.46 bits per heavy atom. The summed E-state index contributed by atoms with van der Waals surface area (Å²) in [5.41, 5.74) is 11.4. The van der Waals surface area contributed by atoms with Gasteiger partial charge in [-0.15, -0.1) is 0 Å². The Bertz CT molecular complexity index is 1410. The van der Waals surface area contributed by atoms with E-state index in [1.165, 1.54) is 30.3 Å². The van der Waals surface area contributed by atoms with E-state index in [1.54, 1.807) is 19.1 Å². The standard InChI is InChI=1S/C25H25N5O8S/c1-2-36-18(32)12-28-24(34)21(13-3-6-15(31)7-4-13)30(14-5-8-16-17(11-14)38-10-9-37-16)25(35)22-19(26)20(23(27)33)29-39-22/h3-8,11,21,31H,2,9-10,12,26H2,1H3,(H2,27,33)(H,28,34)/t21-/m1/s1. The maximum absolute atomic E-state index is 14.1. The van der Waals surface area contributed by atoms with Gasteiger partial charge in [-0.3, -0.25) is 24.1 Å². The molecule has 1 aromatic heterocycles. The van der Waals surface area contributed by atoms with Gasteiger partial charge in [0.2, 0.25) is 5.91 Å². The Labute approximate surface area is 226 Å². The smallest absolute Gasteiger partial charge is 0.325 e. The van der Waals surface area contributed by atoms with Crippen molar-refractivity contribution >= 4 is 46.6 Å². The molecule has 6 N–H and O–H groups in total. The molecule has 0 fully saturated rings. The Morgan fingerprint density at radius 1 is 1.13 bits per heavy atom. The van der Waals surface area contributed by atoms with Crippen molar-refractivity contribution in [2.75, 3.05) is 37.0 Å². The molecule has 13 nitrogen and oxygen atoms in total. The number of phenolic OH excluding ortho intramolecular Hbond substituents is 1. The number of aromatic nitrogens is 1. The summed E-state index contributed by atoms with van der Waals surface area (Å²) in [6, 6.07) is 8.86. The van der Waals surface area contributed by atoms with Crippen LogP contribution in [0.2, 0.25) is 0 Å². The van der Waals surface area contributed by atoms with Gasteiger partial charge in [-0.25, -0.2) is 0 Å². The van der Waals surface area contributed by atoms with Gasteiger partial charge in [0.05, 0.1) is 12.3 Å². The summed E-state index contributed by atoms with van der Waals surface area (Å²) < 4.78 is 20.1. The first-order valence-corrected chi connectivity index (χ1v) is 12.5. The highest BCUT2D eigenvalue weighted by atomic mass is 32.1. The van der Waals surface area contributed by atoms with Crippen molar-refractivity contribution in [3.05, 3.63) is 58.6 Å². The van der Waals surface area contributed by atoms with Gasteiger partial charge >= 0.3 is 5.97 Å². The first-order chi connectivity index (χ1) is 18.7. The highest BCUT2D eigenvalue weighted by molar-refractivity contribution is 7.09. The van der Waals surface area contributed by atoms with Crippen molar-refractivity contribution in [1.82, 2.24) is 9.69 Å². The minimum atomic E-state index is -1.38. The number of rotatable bonds is 9. The number of ether oxygens (including phenoxy) is 3. The summed E-state index contributed by atoms with van der Waals surface area (Å²) in [4.78, 5) is 52.4. The van der Waals surface area contributed by atoms with Crippen LogP contribution in [0.3, 0.4) is 0 Å². The number of hydrogen-bond donors (Lipinski definition) is 4. The quantitative estimate of drug-likeness (QED) is 0.280. The van der Waals surface area contributed by atoms with E-state index in [2.05, 4.69) is 9.69 Å². The average molecular weight is 556 g/mol. The molecule has 204 valence electrons. The topological polar surface area (TPSA) is 196 Å². The number of nitrogens with one attached hydrogen (secondary N) is 1. The van der Waals surface area contributed by atoms with Gasteiger partial charge < -0.3 is 36.1 Å². The first kappa shape index (κ1) is 27.2. The van der Waals surface area contributed by atoms with Crippen molar-refractivity contribution in [3.8, 4) is 17.2 Å². The molecule has 0 aliphatic carbocycles. The molecule has 0 bridgehead atoms. The van der Waals surface area contributed by atoms with E-state index in [0.717, 1.165) is 4.90 Å². The van der Waals surface area contributed by atoms with E-state index < -0.39 is 36.3 Å². The van der Waals surface area contributed by atoms with E-state index >= 15 is 0 Å². The predicted octanol–water partition coefficient (Wildman–Crippen LogP) is 1.37. The zero-order valence-electron chi connectivity index (χ0n) is 20.7. The van der Waals surface area contributed by atoms with Gasteiger partial charge in [-0.1, -0.05) is 12.1 Å². The minimum Gasteiger partial charge on any atom is -0.508 e. The fourth-order valence-corrected chi connectivity index (χ4v) is 4.59. The molecule has 14 heteroatoms. The molecule has 0 radical (unpaired) electrons. The third kappa shape index (κ3) is 5.85. The van der Waals surface area contributed by atoms with Gasteiger partial charge in [-0.2, -0.15) is 4.37 Å². The fourth-order valence-electron chi connectivity index (χ4n) is 3.85. The maximum atomic E-state index is 14.1. The monoisotopic (exact) mass is 555 g/mol. The van der Waals surface area contributed by atoms with Crippen LogP contribution in [-0.4, -0.2) is 59.5 Å². The molecule has 0 spiro atoms. The lowest BCUT2D eigenvalue weighted by Gasteiger charge is -2.32. The molecule has 3 amide bonds. The number of aromatic hydroxyl groups is 1. The number of amides is 3. The normalized spacial score (nSPS) is 12.7. The molecule has 4 rings (SSSR count). The van der Waals surface area contributed by atoms with Crippen molar-refractivity contribution in [2.45, 2.75) is 13.0 Å². The van der Waals surface area contributed by atoms with Crippen molar-refractivity contribution in [2.24, 2.45) is 5.73 Å². The molecule has 3 aromatic rings. The number of nitrogens with zero attached hydrogens (tertiary/aromatic N) is 2. The van der Waals surface area contributed by atoms with Crippen molar-refractivity contribution in [3.63, 3.8) is 0 Å². The largest absolute Gasteiger partial charge is 0.508 e. The van der Waals surface area contributed by atoms with Crippen LogP contribution in [0.4, 0.5) is 11.4 Å². The molecule has 39 heavy (non-hydrogen) atoms. The van der Waals surface area contributed by atoms with E-state index in [0.29, 0.717) is 29.6 Å². The van der Waals surface area contributed by atoms with Crippen LogP contribution in [0, 0.1) is 0 Å². The number of benzene rings is 2. The second kappa shape index (κ2) is 11.7. The minimum absolute atomic E-state index is 0.0700. The Kier molecular flexibility index (Phi) is 8.15. The first-order valence-electron chi connectivity index (χ1n) is 11.7. The lowest BCUT2D eigenvalue weighted by Crippen LogP contribution is -2.45. The zero-order chi connectivity index (χ0) is 28.1. The molecule has 1 aliphatic rings. The number of carbonyl (C=O) groups excluding carboxylic acids is 4. The average Bonchev–Trinajstić information content (AvgIpc) is 3.32. The molecule has 0 saturated heterocycles. The third-order valence-corrected chi connectivity index (χ3v) is 6.46. The van der Waals surface area contributed by atoms with Crippen LogP contribution in [0.25, 0.3) is 0 Å². The van der Waals surface area contributed by atoms with Crippen LogP contribution in [0.15, 0.2) is 42.5 Å². The molecular formula is C25H25N5O8S. The molecular weight excluding hydrogens is 530 g/mol. The number of carbonyl (C=O) groups is 4. The highest BCUT2D eigenvalue weighted by Gasteiger charge is 2.37. The van der Waals surface area contributed by atoms with Gasteiger partial charge in [-0.05, 0) is 48.3 Å². The van der Waals surface area contributed by atoms with Gasteiger partial charge in [0, 0.05) is 11.8 Å². The number of fused-ring (bicyclic) bond motifs is 1. The number of nitrogens with two attached hydrogens (primary N) is 2. The second-order valence-electron chi connectivity index (χ2n) is 8.16. The number of primary amides is 1. The Morgan fingerprint density at radius 2 is 1.82 bits per heavy atom.